The summed E-state index contributed by atoms with van der Waals surface area (Å²) in [6, 6.07) is 10.1. The van der Waals surface area contributed by atoms with E-state index in [2.05, 4.69) is 33.4 Å². The molecule has 106 valence electrons. The predicted molar refractivity (Wildman–Crippen MR) is 87.1 cm³/mol. The first kappa shape index (κ1) is 15.2. The van der Waals surface area contributed by atoms with Crippen LogP contribution in [0.3, 0.4) is 0 Å². The van der Waals surface area contributed by atoms with Gasteiger partial charge in [0, 0.05) is 6.54 Å². The van der Waals surface area contributed by atoms with E-state index < -0.39 is 0 Å². The average molecular weight is 353 g/mol. The summed E-state index contributed by atoms with van der Waals surface area (Å²) >= 11 is 4.89. The molecule has 0 bridgehead atoms. The van der Waals surface area contributed by atoms with Gasteiger partial charge in [0.15, 0.2) is 0 Å². The zero-order chi connectivity index (χ0) is 14.5. The molecule has 5 heteroatoms. The molecule has 3 N–H and O–H groups in total. The van der Waals surface area contributed by atoms with Gasteiger partial charge in [-0.25, -0.2) is 0 Å². The highest BCUT2D eigenvalue weighted by molar-refractivity contribution is 9.11. The van der Waals surface area contributed by atoms with Crippen LogP contribution in [-0.4, -0.2) is 12.5 Å². The quantitative estimate of drug-likeness (QED) is 0.867. The average Bonchev–Trinajstić information content (AvgIpc) is 2.78. The van der Waals surface area contributed by atoms with Crippen molar-refractivity contribution >= 4 is 33.2 Å². The summed E-state index contributed by atoms with van der Waals surface area (Å²) in [7, 11) is 0. The highest BCUT2D eigenvalue weighted by Gasteiger charge is 2.10. The van der Waals surface area contributed by atoms with Crippen LogP contribution in [0.15, 0.2) is 34.1 Å². The van der Waals surface area contributed by atoms with Crippen molar-refractivity contribution in [3.05, 3.63) is 55.7 Å². The van der Waals surface area contributed by atoms with E-state index in [-0.39, 0.29) is 5.91 Å². The van der Waals surface area contributed by atoms with Gasteiger partial charge in [-0.15, -0.1) is 11.3 Å². The summed E-state index contributed by atoms with van der Waals surface area (Å²) in [5.41, 5.74) is 8.92. The van der Waals surface area contributed by atoms with Crippen molar-refractivity contribution in [2.24, 2.45) is 5.73 Å². The molecule has 0 unspecified atom stereocenters. The minimum absolute atomic E-state index is 0.0326. The van der Waals surface area contributed by atoms with Crippen LogP contribution in [0.5, 0.6) is 0 Å². The lowest BCUT2D eigenvalue weighted by Gasteiger charge is -2.05. The first-order valence-corrected chi connectivity index (χ1v) is 8.03. The van der Waals surface area contributed by atoms with E-state index in [4.69, 9.17) is 5.73 Å². The summed E-state index contributed by atoms with van der Waals surface area (Å²) in [6.07, 6.45) is 0.884. The van der Waals surface area contributed by atoms with Crippen molar-refractivity contribution < 1.29 is 4.79 Å². The fraction of sp³-hybridized carbons (Fsp3) is 0.267. The Labute approximate surface area is 131 Å². The molecule has 0 saturated heterocycles. The van der Waals surface area contributed by atoms with E-state index in [0.29, 0.717) is 13.1 Å². The molecular weight excluding hydrogens is 336 g/mol. The molecule has 3 nitrogen and oxygen atoms in total. The lowest BCUT2D eigenvalue weighted by atomic mass is 10.1. The SMILES string of the molecule is Cc1cc(C(=O)NCc2ccc(CCN)cc2)sc1Br. The first-order chi connectivity index (χ1) is 9.60. The van der Waals surface area contributed by atoms with E-state index in [9.17, 15) is 4.79 Å². The molecule has 2 aromatic rings. The maximum Gasteiger partial charge on any atom is 0.261 e. The summed E-state index contributed by atoms with van der Waals surface area (Å²) in [6.45, 7) is 3.17. The molecule has 0 saturated carbocycles. The van der Waals surface area contributed by atoms with E-state index >= 15 is 0 Å². The summed E-state index contributed by atoms with van der Waals surface area (Å²) in [5, 5.41) is 2.93. The topological polar surface area (TPSA) is 55.1 Å². The van der Waals surface area contributed by atoms with Gasteiger partial charge in [-0.1, -0.05) is 24.3 Å². The first-order valence-electron chi connectivity index (χ1n) is 6.42. The van der Waals surface area contributed by atoms with Crippen LogP contribution in [0.2, 0.25) is 0 Å². The largest absolute Gasteiger partial charge is 0.347 e. The van der Waals surface area contributed by atoms with Crippen LogP contribution in [0.4, 0.5) is 0 Å². The third-order valence-electron chi connectivity index (χ3n) is 2.99. The number of carbonyl (C=O) groups is 1. The molecule has 0 fully saturated rings. The molecule has 2 rings (SSSR count). The molecule has 20 heavy (non-hydrogen) atoms. The number of amides is 1. The van der Waals surface area contributed by atoms with Crippen molar-refractivity contribution in [2.75, 3.05) is 6.54 Å². The van der Waals surface area contributed by atoms with Gasteiger partial charge < -0.3 is 11.1 Å². The van der Waals surface area contributed by atoms with Crippen molar-refractivity contribution in [1.82, 2.24) is 5.32 Å². The van der Waals surface area contributed by atoms with E-state index in [1.165, 1.54) is 16.9 Å². The van der Waals surface area contributed by atoms with Crippen LogP contribution in [0, 0.1) is 6.92 Å². The van der Waals surface area contributed by atoms with Crippen molar-refractivity contribution in [2.45, 2.75) is 19.9 Å². The van der Waals surface area contributed by atoms with E-state index in [1.807, 2.05) is 25.1 Å². The summed E-state index contributed by atoms with van der Waals surface area (Å²) in [4.78, 5) is 12.7. The smallest absolute Gasteiger partial charge is 0.261 e. The summed E-state index contributed by atoms with van der Waals surface area (Å²) < 4.78 is 1.01. The normalized spacial score (nSPS) is 10.6. The van der Waals surface area contributed by atoms with Crippen molar-refractivity contribution in [3.63, 3.8) is 0 Å². The number of benzene rings is 1. The number of aryl methyl sites for hydroxylation is 1. The zero-order valence-electron chi connectivity index (χ0n) is 11.3. The molecular formula is C15H17BrN2OS. The third kappa shape index (κ3) is 3.91. The van der Waals surface area contributed by atoms with Crippen LogP contribution >= 0.6 is 27.3 Å². The fourth-order valence-electron chi connectivity index (χ4n) is 1.83. The number of thiophene rings is 1. The second-order valence-electron chi connectivity index (χ2n) is 4.61. The highest BCUT2D eigenvalue weighted by Crippen LogP contribution is 2.27. The minimum atomic E-state index is -0.0326. The lowest BCUT2D eigenvalue weighted by Crippen LogP contribution is -2.21. The number of nitrogens with two attached hydrogens (primary N) is 1. The molecule has 0 spiro atoms. The van der Waals surface area contributed by atoms with Gasteiger partial charge in [0.1, 0.15) is 0 Å². The monoisotopic (exact) mass is 352 g/mol. The number of hydrogen-bond donors (Lipinski definition) is 2. The van der Waals surface area contributed by atoms with Gasteiger partial charge in [0.25, 0.3) is 5.91 Å². The van der Waals surface area contributed by atoms with Crippen LogP contribution in [-0.2, 0) is 13.0 Å². The van der Waals surface area contributed by atoms with Gasteiger partial charge in [0.2, 0.25) is 0 Å². The Bertz CT molecular complexity index is 573. The Morgan fingerprint density at radius 1 is 1.30 bits per heavy atom. The maximum atomic E-state index is 12.0. The molecule has 1 amide bonds. The molecule has 0 radical (unpaired) electrons. The number of rotatable bonds is 5. The van der Waals surface area contributed by atoms with Gasteiger partial charge in [0.05, 0.1) is 8.66 Å². The molecule has 0 aliphatic heterocycles. The Morgan fingerprint density at radius 2 is 1.95 bits per heavy atom. The Kier molecular flexibility index (Phi) is 5.34. The fourth-order valence-corrected chi connectivity index (χ4v) is 3.28. The Morgan fingerprint density at radius 3 is 2.50 bits per heavy atom. The van der Waals surface area contributed by atoms with E-state index in [0.717, 1.165) is 26.2 Å². The van der Waals surface area contributed by atoms with Gasteiger partial charge >= 0.3 is 0 Å². The second kappa shape index (κ2) is 7.02. The van der Waals surface area contributed by atoms with Crippen molar-refractivity contribution in [1.29, 1.82) is 0 Å². The molecule has 0 aliphatic carbocycles. The van der Waals surface area contributed by atoms with Crippen LogP contribution in [0.25, 0.3) is 0 Å². The standard InChI is InChI=1S/C15H17BrN2OS/c1-10-8-13(20-14(10)16)15(19)18-9-12-4-2-11(3-5-12)6-7-17/h2-5,8H,6-7,9,17H2,1H3,(H,18,19). The number of carbonyl (C=O) groups excluding carboxylic acids is 1. The second-order valence-corrected chi connectivity index (χ2v) is 6.98. The Balaban J connectivity index is 1.92. The number of halogens is 1. The minimum Gasteiger partial charge on any atom is -0.347 e. The number of nitrogens with one attached hydrogen (secondary N) is 1. The zero-order valence-corrected chi connectivity index (χ0v) is 13.7. The molecule has 1 aromatic heterocycles. The van der Waals surface area contributed by atoms with Crippen LogP contribution < -0.4 is 11.1 Å². The Hall–Kier alpha value is -1.17. The van der Waals surface area contributed by atoms with Gasteiger partial charge in [-0.3, -0.25) is 4.79 Å². The molecule has 0 atom stereocenters. The maximum absolute atomic E-state index is 12.0. The van der Waals surface area contributed by atoms with Crippen molar-refractivity contribution in [3.8, 4) is 0 Å². The van der Waals surface area contributed by atoms with Gasteiger partial charge in [-0.2, -0.15) is 0 Å². The van der Waals surface area contributed by atoms with Gasteiger partial charge in [-0.05, 0) is 58.6 Å². The van der Waals surface area contributed by atoms with E-state index in [1.54, 1.807) is 0 Å². The summed E-state index contributed by atoms with van der Waals surface area (Å²) in [5.74, 6) is -0.0326. The molecule has 1 heterocycles. The predicted octanol–water partition coefficient (Wildman–Crippen LogP) is 3.25. The molecule has 0 aliphatic rings. The third-order valence-corrected chi connectivity index (χ3v) is 5.13. The lowest BCUT2D eigenvalue weighted by molar-refractivity contribution is 0.0955. The van der Waals surface area contributed by atoms with Crippen LogP contribution in [0.1, 0.15) is 26.4 Å². The molecule has 1 aromatic carbocycles. The number of hydrogen-bond acceptors (Lipinski definition) is 3. The highest BCUT2D eigenvalue weighted by atomic mass is 79.9.